The van der Waals surface area contributed by atoms with Crippen molar-refractivity contribution in [1.29, 1.82) is 0 Å². The minimum atomic E-state index is -5.00. The monoisotopic (exact) mass is 471 g/mol. The highest BCUT2D eigenvalue weighted by Crippen LogP contribution is 2.41. The van der Waals surface area contributed by atoms with Crippen LogP contribution in [0.4, 0.5) is 11.4 Å². The summed E-state index contributed by atoms with van der Waals surface area (Å²) < 4.78 is 59.5. The van der Waals surface area contributed by atoms with Crippen molar-refractivity contribution in [2.24, 2.45) is 14.8 Å². The van der Waals surface area contributed by atoms with Crippen LogP contribution < -0.4 is 0 Å². The van der Waals surface area contributed by atoms with Gasteiger partial charge in [0.1, 0.15) is 16.3 Å². The lowest BCUT2D eigenvalue weighted by Crippen LogP contribution is -2.03. The number of fused-ring (bicyclic) bond motifs is 2. The molecule has 0 amide bonds. The van der Waals surface area contributed by atoms with E-state index in [9.17, 15) is 31.4 Å². The number of phenols is 1. The molecule has 0 aliphatic carbocycles. The van der Waals surface area contributed by atoms with Gasteiger partial charge in [0.05, 0.1) is 15.2 Å². The van der Waals surface area contributed by atoms with Gasteiger partial charge in [0.25, 0.3) is 10.1 Å². The van der Waals surface area contributed by atoms with E-state index in [1.807, 2.05) is 22.8 Å². The summed E-state index contributed by atoms with van der Waals surface area (Å²) in [7, 11) is -9.70. The van der Waals surface area contributed by atoms with Crippen molar-refractivity contribution >= 4 is 53.1 Å². The van der Waals surface area contributed by atoms with Gasteiger partial charge in [-0.25, -0.2) is 0 Å². The summed E-state index contributed by atoms with van der Waals surface area (Å²) in [6.07, 6.45) is 0. The first-order valence-corrected chi connectivity index (χ1v) is 11.8. The molecule has 0 fully saturated rings. The SMILES string of the molecule is O=NS(=O)(=O)c1cc(S(=O)(=O)O)c2c(N=Nc3cccc4ccccc34)c(O)ccc2c1. The Labute approximate surface area is 181 Å². The first-order chi connectivity index (χ1) is 15.1. The Morgan fingerprint density at radius 3 is 2.22 bits per heavy atom. The standard InChI is InChI=1S/C20H13N3O7S2/c24-17-9-8-13-10-14(31(26,27)23-25)11-18(32(28,29)30)19(13)20(17)22-21-16-7-3-5-12-4-1-2-6-15(12)16/h1-11,24H,(H,28,29,30). The summed E-state index contributed by atoms with van der Waals surface area (Å²) in [4.78, 5) is 9.07. The van der Waals surface area contributed by atoms with E-state index in [2.05, 4.69) is 10.2 Å². The second-order valence-electron chi connectivity index (χ2n) is 6.68. The number of aromatic hydroxyl groups is 1. The lowest BCUT2D eigenvalue weighted by molar-refractivity contribution is 0.477. The first kappa shape index (κ1) is 21.5. The molecule has 0 radical (unpaired) electrons. The Balaban J connectivity index is 2.02. The van der Waals surface area contributed by atoms with E-state index in [0.717, 1.165) is 22.9 Å². The zero-order valence-corrected chi connectivity index (χ0v) is 17.6. The Morgan fingerprint density at radius 2 is 1.50 bits per heavy atom. The second-order valence-corrected chi connectivity index (χ2v) is 9.64. The van der Waals surface area contributed by atoms with Crippen LogP contribution in [-0.2, 0) is 20.1 Å². The van der Waals surface area contributed by atoms with Crippen LogP contribution in [0.1, 0.15) is 0 Å². The topological polar surface area (TPSA) is 163 Å². The van der Waals surface area contributed by atoms with Crippen LogP contribution in [0.5, 0.6) is 5.75 Å². The third-order valence-corrected chi connectivity index (χ3v) is 6.61. The van der Waals surface area contributed by atoms with E-state index in [-0.39, 0.29) is 16.5 Å². The van der Waals surface area contributed by atoms with Crippen molar-refractivity contribution in [2.75, 3.05) is 0 Å². The number of hydrogen-bond donors (Lipinski definition) is 2. The van der Waals surface area contributed by atoms with Gasteiger partial charge in [0.15, 0.2) is 0 Å². The number of rotatable bonds is 5. The smallest absolute Gasteiger partial charge is 0.317 e. The lowest BCUT2D eigenvalue weighted by Gasteiger charge is -2.10. The molecule has 0 aromatic heterocycles. The first-order valence-electron chi connectivity index (χ1n) is 8.88. The van der Waals surface area contributed by atoms with Gasteiger partial charge < -0.3 is 5.11 Å². The van der Waals surface area contributed by atoms with Crippen LogP contribution in [0.25, 0.3) is 21.5 Å². The zero-order valence-electron chi connectivity index (χ0n) is 15.9. The molecule has 0 saturated heterocycles. The van der Waals surface area contributed by atoms with Crippen molar-refractivity contribution < 1.29 is 26.5 Å². The van der Waals surface area contributed by atoms with Gasteiger partial charge in [-0.05, 0) is 35.0 Å². The van der Waals surface area contributed by atoms with Crippen molar-refractivity contribution in [2.45, 2.75) is 9.79 Å². The quantitative estimate of drug-likeness (QED) is 0.239. The normalized spacial score (nSPS) is 12.5. The number of nitroso groups, excluding NO2 is 1. The van der Waals surface area contributed by atoms with Crippen molar-refractivity contribution in [3.8, 4) is 5.75 Å². The van der Waals surface area contributed by atoms with Crippen LogP contribution in [0, 0.1) is 4.91 Å². The maximum Gasteiger partial charge on any atom is 0.317 e. The van der Waals surface area contributed by atoms with Crippen LogP contribution >= 0.6 is 0 Å². The zero-order chi connectivity index (χ0) is 23.1. The summed E-state index contributed by atoms with van der Waals surface area (Å²) in [6.45, 7) is 0. The maximum absolute atomic E-state index is 12.0. The van der Waals surface area contributed by atoms with Crippen LogP contribution in [-0.4, -0.2) is 26.5 Å². The van der Waals surface area contributed by atoms with E-state index >= 15 is 0 Å². The van der Waals surface area contributed by atoms with E-state index in [4.69, 9.17) is 0 Å². The molecule has 0 saturated carbocycles. The lowest BCUT2D eigenvalue weighted by atomic mass is 10.1. The molecule has 0 aliphatic rings. The Hall–Kier alpha value is -3.74. The minimum Gasteiger partial charge on any atom is -0.506 e. The van der Waals surface area contributed by atoms with Crippen molar-refractivity contribution in [1.82, 2.24) is 0 Å². The molecule has 0 unspecified atom stereocenters. The number of nitrogens with zero attached hydrogens (tertiary/aromatic N) is 3. The van der Waals surface area contributed by atoms with Crippen LogP contribution in [0.2, 0.25) is 0 Å². The van der Waals surface area contributed by atoms with Gasteiger partial charge in [-0.2, -0.15) is 16.8 Å². The van der Waals surface area contributed by atoms with E-state index in [1.54, 1.807) is 24.3 Å². The van der Waals surface area contributed by atoms with Crippen LogP contribution in [0.15, 0.2) is 91.3 Å². The molecule has 0 spiro atoms. The third-order valence-electron chi connectivity index (χ3n) is 4.70. The highest BCUT2D eigenvalue weighted by atomic mass is 32.2. The minimum absolute atomic E-state index is 0.0352. The molecule has 0 atom stereocenters. The highest BCUT2D eigenvalue weighted by molar-refractivity contribution is 7.90. The van der Waals surface area contributed by atoms with Gasteiger partial charge >= 0.3 is 10.0 Å². The van der Waals surface area contributed by atoms with Gasteiger partial charge in [-0.15, -0.1) is 15.1 Å². The summed E-state index contributed by atoms with van der Waals surface area (Å²) in [5.41, 5.74) is 0.114. The van der Waals surface area contributed by atoms with Gasteiger partial charge in [-0.3, -0.25) is 4.55 Å². The molecule has 162 valence electrons. The molecular weight excluding hydrogens is 458 g/mol. The average Bonchev–Trinajstić information content (AvgIpc) is 2.77. The predicted octanol–water partition coefficient (Wildman–Crippen LogP) is 4.82. The van der Waals surface area contributed by atoms with Crippen molar-refractivity contribution in [3.63, 3.8) is 0 Å². The molecule has 10 nitrogen and oxygen atoms in total. The summed E-state index contributed by atoms with van der Waals surface area (Å²) >= 11 is 0. The van der Waals surface area contributed by atoms with Gasteiger partial charge in [0.2, 0.25) is 0 Å². The summed E-state index contributed by atoms with van der Waals surface area (Å²) in [5.74, 6) is -0.462. The van der Waals surface area contributed by atoms with Crippen molar-refractivity contribution in [3.05, 3.63) is 71.6 Å². The van der Waals surface area contributed by atoms with Gasteiger partial charge in [-0.1, -0.05) is 42.5 Å². The third kappa shape index (κ3) is 3.82. The fourth-order valence-corrected chi connectivity index (χ4v) is 4.72. The highest BCUT2D eigenvalue weighted by Gasteiger charge is 2.25. The average molecular weight is 471 g/mol. The molecule has 0 aliphatic heterocycles. The molecule has 12 heteroatoms. The second kappa shape index (κ2) is 7.75. The molecule has 0 heterocycles. The Morgan fingerprint density at radius 1 is 0.781 bits per heavy atom. The van der Waals surface area contributed by atoms with E-state index in [0.29, 0.717) is 11.8 Å². The fraction of sp³-hybridized carbons (Fsp3) is 0. The fourth-order valence-electron chi connectivity index (χ4n) is 3.27. The summed E-state index contributed by atoms with van der Waals surface area (Å²) in [5, 5.41) is 19.8. The molecule has 32 heavy (non-hydrogen) atoms. The largest absolute Gasteiger partial charge is 0.506 e. The van der Waals surface area contributed by atoms with E-state index < -0.39 is 35.7 Å². The summed E-state index contributed by atoms with van der Waals surface area (Å²) in [6, 6.07) is 16.5. The molecule has 4 aromatic rings. The molecule has 4 aromatic carbocycles. The molecule has 2 N–H and O–H groups in total. The Kier molecular flexibility index (Phi) is 5.20. The predicted molar refractivity (Wildman–Crippen MR) is 117 cm³/mol. The molecule has 0 bridgehead atoms. The molecule has 4 rings (SSSR count). The van der Waals surface area contributed by atoms with Gasteiger partial charge in [0, 0.05) is 10.8 Å². The Bertz CT molecular complexity index is 1640. The molecular formula is C20H13N3O7S2. The number of phenolic OH excluding ortho intramolecular Hbond substituents is 1. The number of hydrogen-bond acceptors (Lipinski definition) is 8. The maximum atomic E-state index is 12.0. The number of benzene rings is 4. The van der Waals surface area contributed by atoms with Crippen LogP contribution in [0.3, 0.4) is 0 Å². The van der Waals surface area contributed by atoms with E-state index in [1.165, 1.54) is 6.07 Å². The number of azo groups is 1. The number of sulfonamides is 1.